The van der Waals surface area contributed by atoms with Gasteiger partial charge in [-0.15, -0.1) is 0 Å². The van der Waals surface area contributed by atoms with Gasteiger partial charge in [0.2, 0.25) is 0 Å². The summed E-state index contributed by atoms with van der Waals surface area (Å²) in [6.07, 6.45) is -0.796. The Kier molecular flexibility index (Phi) is 4.75. The number of anilines is 1. The molecule has 0 fully saturated rings. The van der Waals surface area contributed by atoms with E-state index in [4.69, 9.17) is 10.00 Å². The molecule has 108 valence electrons. The first kappa shape index (κ1) is 14.8. The minimum atomic E-state index is -0.796. The number of hydrogen-bond acceptors (Lipinski definition) is 4. The zero-order chi connectivity index (χ0) is 15.2. The fourth-order valence-corrected chi connectivity index (χ4v) is 1.96. The summed E-state index contributed by atoms with van der Waals surface area (Å²) in [4.78, 5) is 0. The highest BCUT2D eigenvalue weighted by Crippen LogP contribution is 2.22. The Morgan fingerprint density at radius 1 is 1.33 bits per heavy atom. The first-order chi connectivity index (χ1) is 10.2. The number of benzene rings is 2. The van der Waals surface area contributed by atoms with Crippen LogP contribution >= 0.6 is 0 Å². The lowest BCUT2D eigenvalue weighted by Crippen LogP contribution is -2.13. The smallest absolute Gasteiger partial charge is 0.143 e. The number of aliphatic hydroxyl groups excluding tert-OH is 1. The lowest BCUT2D eigenvalue weighted by atomic mass is 10.1. The number of hydrogen-bond donors (Lipinski definition) is 2. The zero-order valence-corrected chi connectivity index (χ0v) is 11.5. The normalized spacial score (nSPS) is 11.5. The number of nitrogens with zero attached hydrogens (tertiary/aromatic N) is 1. The van der Waals surface area contributed by atoms with Crippen LogP contribution in [0.3, 0.4) is 0 Å². The van der Waals surface area contributed by atoms with Gasteiger partial charge in [0.1, 0.15) is 23.2 Å². The molecule has 0 aliphatic carbocycles. The number of methoxy groups -OCH3 is 1. The Morgan fingerprint density at radius 3 is 2.81 bits per heavy atom. The Labute approximate surface area is 122 Å². The van der Waals surface area contributed by atoms with Crippen LogP contribution in [-0.4, -0.2) is 18.8 Å². The van der Waals surface area contributed by atoms with Gasteiger partial charge in [-0.25, -0.2) is 4.39 Å². The molecule has 2 aromatic carbocycles. The zero-order valence-electron chi connectivity index (χ0n) is 11.5. The molecule has 21 heavy (non-hydrogen) atoms. The number of nitriles is 1. The predicted molar refractivity (Wildman–Crippen MR) is 77.6 cm³/mol. The van der Waals surface area contributed by atoms with Crippen LogP contribution in [-0.2, 0) is 0 Å². The summed E-state index contributed by atoms with van der Waals surface area (Å²) in [5, 5.41) is 22.0. The highest BCUT2D eigenvalue weighted by molar-refractivity contribution is 5.58. The average molecular weight is 286 g/mol. The standard InChI is InChI=1S/C16H15FN2O2/c1-21-12-5-2-4-11(8-12)16(20)10-19-15-7-3-6-14(17)13(15)9-18/h2-8,16,19-20H,10H2,1H3. The first-order valence-corrected chi connectivity index (χ1v) is 6.40. The van der Waals surface area contributed by atoms with Gasteiger partial charge in [0, 0.05) is 6.54 Å². The first-order valence-electron chi connectivity index (χ1n) is 6.40. The van der Waals surface area contributed by atoms with Gasteiger partial charge in [0.15, 0.2) is 0 Å². The second-order valence-corrected chi connectivity index (χ2v) is 4.45. The van der Waals surface area contributed by atoms with Gasteiger partial charge in [-0.2, -0.15) is 5.26 Å². The summed E-state index contributed by atoms with van der Waals surface area (Å²) in [6, 6.07) is 13.2. The second kappa shape index (κ2) is 6.73. The number of halogens is 1. The summed E-state index contributed by atoms with van der Waals surface area (Å²) in [5.41, 5.74) is 0.978. The molecule has 0 saturated carbocycles. The van der Waals surface area contributed by atoms with E-state index in [-0.39, 0.29) is 12.1 Å². The molecule has 1 atom stereocenters. The minimum Gasteiger partial charge on any atom is -0.497 e. The van der Waals surface area contributed by atoms with Gasteiger partial charge < -0.3 is 15.2 Å². The molecular formula is C16H15FN2O2. The van der Waals surface area contributed by atoms with E-state index in [0.29, 0.717) is 17.0 Å². The van der Waals surface area contributed by atoms with Crippen molar-refractivity contribution in [2.24, 2.45) is 0 Å². The molecule has 0 aliphatic rings. The third kappa shape index (κ3) is 3.50. The van der Waals surface area contributed by atoms with Crippen molar-refractivity contribution in [3.8, 4) is 11.8 Å². The highest BCUT2D eigenvalue weighted by atomic mass is 19.1. The summed E-state index contributed by atoms with van der Waals surface area (Å²) >= 11 is 0. The maximum absolute atomic E-state index is 13.5. The van der Waals surface area contributed by atoms with Crippen LogP contribution in [0.4, 0.5) is 10.1 Å². The number of ether oxygens (including phenoxy) is 1. The molecule has 2 N–H and O–H groups in total. The van der Waals surface area contributed by atoms with E-state index in [2.05, 4.69) is 5.32 Å². The van der Waals surface area contributed by atoms with Crippen molar-refractivity contribution in [3.05, 3.63) is 59.4 Å². The summed E-state index contributed by atoms with van der Waals surface area (Å²) < 4.78 is 18.6. The molecule has 4 nitrogen and oxygen atoms in total. The van der Waals surface area contributed by atoms with Gasteiger partial charge >= 0.3 is 0 Å². The largest absolute Gasteiger partial charge is 0.497 e. The molecule has 0 radical (unpaired) electrons. The van der Waals surface area contributed by atoms with Gasteiger partial charge in [-0.05, 0) is 29.8 Å². The van der Waals surface area contributed by atoms with Crippen molar-refractivity contribution in [3.63, 3.8) is 0 Å². The molecule has 1 unspecified atom stereocenters. The molecular weight excluding hydrogens is 271 g/mol. The Morgan fingerprint density at radius 2 is 2.10 bits per heavy atom. The monoisotopic (exact) mass is 286 g/mol. The SMILES string of the molecule is COc1cccc(C(O)CNc2cccc(F)c2C#N)c1. The molecule has 2 aromatic rings. The Balaban J connectivity index is 2.09. The van der Waals surface area contributed by atoms with Crippen LogP contribution in [0, 0.1) is 17.1 Å². The molecule has 2 rings (SSSR count). The van der Waals surface area contributed by atoms with Crippen molar-refractivity contribution in [1.29, 1.82) is 5.26 Å². The fraction of sp³-hybridized carbons (Fsp3) is 0.188. The topological polar surface area (TPSA) is 65.3 Å². The number of rotatable bonds is 5. The van der Waals surface area contributed by atoms with Crippen molar-refractivity contribution < 1.29 is 14.2 Å². The van der Waals surface area contributed by atoms with E-state index >= 15 is 0 Å². The Hall–Kier alpha value is -2.58. The molecule has 0 amide bonds. The van der Waals surface area contributed by atoms with Crippen molar-refractivity contribution in [2.75, 3.05) is 19.0 Å². The summed E-state index contributed by atoms with van der Waals surface area (Å²) in [7, 11) is 1.55. The maximum Gasteiger partial charge on any atom is 0.143 e. The lowest BCUT2D eigenvalue weighted by Gasteiger charge is -2.15. The van der Waals surface area contributed by atoms with E-state index in [9.17, 15) is 9.50 Å². The maximum atomic E-state index is 13.5. The van der Waals surface area contributed by atoms with Crippen LogP contribution < -0.4 is 10.1 Å². The van der Waals surface area contributed by atoms with E-state index in [1.807, 2.05) is 0 Å². The van der Waals surface area contributed by atoms with E-state index < -0.39 is 11.9 Å². The van der Waals surface area contributed by atoms with Crippen LogP contribution in [0.2, 0.25) is 0 Å². The number of nitrogens with one attached hydrogen (secondary N) is 1. The van der Waals surface area contributed by atoms with Crippen molar-refractivity contribution in [1.82, 2.24) is 0 Å². The molecule has 0 aromatic heterocycles. The molecule has 0 bridgehead atoms. The lowest BCUT2D eigenvalue weighted by molar-refractivity contribution is 0.191. The molecule has 0 heterocycles. The molecule has 0 aliphatic heterocycles. The molecule has 0 saturated heterocycles. The third-order valence-corrected chi connectivity index (χ3v) is 3.09. The minimum absolute atomic E-state index is 0.0599. The Bertz CT molecular complexity index is 668. The van der Waals surface area contributed by atoms with Gasteiger partial charge in [0.25, 0.3) is 0 Å². The van der Waals surface area contributed by atoms with E-state index in [1.165, 1.54) is 12.1 Å². The quantitative estimate of drug-likeness (QED) is 0.887. The van der Waals surface area contributed by atoms with Crippen LogP contribution in [0.15, 0.2) is 42.5 Å². The predicted octanol–water partition coefficient (Wildman–Crippen LogP) is 2.85. The third-order valence-electron chi connectivity index (χ3n) is 3.09. The van der Waals surface area contributed by atoms with Crippen molar-refractivity contribution in [2.45, 2.75) is 6.10 Å². The average Bonchev–Trinajstić information content (AvgIpc) is 2.52. The van der Waals surface area contributed by atoms with Crippen LogP contribution in [0.5, 0.6) is 5.75 Å². The van der Waals surface area contributed by atoms with Gasteiger partial charge in [-0.3, -0.25) is 0 Å². The summed E-state index contributed by atoms with van der Waals surface area (Å²) in [6.45, 7) is 0.158. The van der Waals surface area contributed by atoms with E-state index in [0.717, 1.165) is 0 Å². The number of aliphatic hydroxyl groups is 1. The molecule has 0 spiro atoms. The van der Waals surface area contributed by atoms with Gasteiger partial charge in [-0.1, -0.05) is 18.2 Å². The van der Waals surface area contributed by atoms with Gasteiger partial charge in [0.05, 0.1) is 18.9 Å². The molecule has 5 heteroatoms. The van der Waals surface area contributed by atoms with Crippen LogP contribution in [0.25, 0.3) is 0 Å². The van der Waals surface area contributed by atoms with Crippen LogP contribution in [0.1, 0.15) is 17.2 Å². The van der Waals surface area contributed by atoms with Crippen molar-refractivity contribution >= 4 is 5.69 Å². The second-order valence-electron chi connectivity index (χ2n) is 4.45. The fourth-order valence-electron chi connectivity index (χ4n) is 1.96. The highest BCUT2D eigenvalue weighted by Gasteiger charge is 2.11. The van der Waals surface area contributed by atoms with E-state index in [1.54, 1.807) is 43.5 Å². The summed E-state index contributed by atoms with van der Waals surface area (Å²) in [5.74, 6) is 0.0633.